The molecule has 9 nitrogen and oxygen atoms in total. The fourth-order valence-corrected chi connectivity index (χ4v) is 6.99. The number of aryl methyl sites for hydroxylation is 2. The number of nitrogens with zero attached hydrogens (tertiary/aromatic N) is 5. The van der Waals surface area contributed by atoms with Crippen molar-refractivity contribution in [3.63, 3.8) is 0 Å². The maximum Gasteiger partial charge on any atom is 0.301 e. The Labute approximate surface area is 263 Å². The molecule has 1 aliphatic rings. The number of thioether (sulfide) groups is 1. The zero-order chi connectivity index (χ0) is 30.8. The molecule has 2 aromatic carbocycles. The number of Topliss-reactive ketones (excluding diaryl/α,β-unsaturated/α-hetero) is 1. The highest BCUT2D eigenvalue weighted by Crippen LogP contribution is 2.45. The molecule has 1 amide bonds. The summed E-state index contributed by atoms with van der Waals surface area (Å²) in [6.45, 7) is 6.44. The fraction of sp³-hybridized carbons (Fsp3) is 0.242. The summed E-state index contributed by atoms with van der Waals surface area (Å²) in [5.74, 6) is -0.602. The lowest BCUT2D eigenvalue weighted by atomic mass is 9.96. The third kappa shape index (κ3) is 5.72. The second-order valence-electron chi connectivity index (χ2n) is 10.5. The number of carbonyl (C=O) groups is 2. The molecule has 3 aromatic heterocycles. The van der Waals surface area contributed by atoms with E-state index in [0.29, 0.717) is 45.0 Å². The van der Waals surface area contributed by atoms with Gasteiger partial charge in [0.1, 0.15) is 17.1 Å². The van der Waals surface area contributed by atoms with Crippen LogP contribution in [0.5, 0.6) is 5.75 Å². The zero-order valence-corrected chi connectivity index (χ0v) is 26.2. The van der Waals surface area contributed by atoms with Gasteiger partial charge >= 0.3 is 5.91 Å². The van der Waals surface area contributed by atoms with Gasteiger partial charge in [-0.25, -0.2) is 4.98 Å². The van der Waals surface area contributed by atoms with Crippen LogP contribution in [0.4, 0.5) is 5.13 Å². The molecule has 1 fully saturated rings. The number of pyridine rings is 1. The van der Waals surface area contributed by atoms with Crippen LogP contribution in [0.15, 0.2) is 82.8 Å². The molecular formula is C33H31N5O4S2. The Morgan fingerprint density at radius 1 is 1.05 bits per heavy atom. The van der Waals surface area contributed by atoms with E-state index in [9.17, 15) is 14.7 Å². The number of hydrogen-bond donors (Lipinski definition) is 1. The molecule has 1 N–H and O–H groups in total. The van der Waals surface area contributed by atoms with Gasteiger partial charge in [-0.3, -0.25) is 18.9 Å². The lowest BCUT2D eigenvalue weighted by Gasteiger charge is -2.23. The highest BCUT2D eigenvalue weighted by molar-refractivity contribution is 8.00. The van der Waals surface area contributed by atoms with Crippen molar-refractivity contribution in [2.75, 3.05) is 11.5 Å². The van der Waals surface area contributed by atoms with Crippen LogP contribution in [0.2, 0.25) is 0 Å². The van der Waals surface area contributed by atoms with Crippen molar-refractivity contribution in [3.8, 4) is 5.75 Å². The molecule has 1 atom stereocenters. The normalized spacial score (nSPS) is 16.2. The topological polar surface area (TPSA) is 110 Å². The van der Waals surface area contributed by atoms with Gasteiger partial charge in [-0.05, 0) is 55.7 Å². The third-order valence-electron chi connectivity index (χ3n) is 7.40. The molecule has 44 heavy (non-hydrogen) atoms. The standard InChI is InChI=1S/C33H31N5O4S2/c1-4-5-17-42-24-10-8-9-23(18-24)28-26(29(39)27-21(3)34-25-11-6-7-16-37(25)27)30(40)31(41)38(28)32-35-36-33(44-32)43-19-22-14-12-20(2)13-15-22/h6-16,18,28,39H,4-5,17,19H2,1-3H3. The Bertz CT molecular complexity index is 1880. The van der Waals surface area contributed by atoms with E-state index in [1.165, 1.54) is 33.6 Å². The third-order valence-corrected chi connectivity index (χ3v) is 9.53. The van der Waals surface area contributed by atoms with Crippen molar-refractivity contribution in [3.05, 3.63) is 107 Å². The molecule has 5 aromatic rings. The predicted octanol–water partition coefficient (Wildman–Crippen LogP) is 6.90. The summed E-state index contributed by atoms with van der Waals surface area (Å²) < 4.78 is 8.34. The molecule has 0 radical (unpaired) electrons. The van der Waals surface area contributed by atoms with Crippen LogP contribution in [0.25, 0.3) is 11.4 Å². The number of carbonyl (C=O) groups excluding carboxylic acids is 2. The lowest BCUT2D eigenvalue weighted by Crippen LogP contribution is -2.29. The number of amides is 1. The average Bonchev–Trinajstić information content (AvgIpc) is 3.70. The van der Waals surface area contributed by atoms with Gasteiger partial charge in [0, 0.05) is 11.9 Å². The highest BCUT2D eigenvalue weighted by Gasteiger charge is 2.49. The SMILES string of the molecule is CCCCOc1cccc(C2C(=C(O)c3c(C)nc4ccccn34)C(=O)C(=O)N2c2nnc(SCc3ccc(C)cc3)s2)c1. The number of aromatic nitrogens is 4. The van der Waals surface area contributed by atoms with Gasteiger partial charge in [-0.15, -0.1) is 10.2 Å². The number of rotatable bonds is 10. The van der Waals surface area contributed by atoms with Gasteiger partial charge in [0.05, 0.1) is 23.9 Å². The molecule has 4 heterocycles. The molecule has 1 saturated heterocycles. The fourth-order valence-electron chi connectivity index (χ4n) is 5.17. The van der Waals surface area contributed by atoms with Crippen LogP contribution >= 0.6 is 23.1 Å². The van der Waals surface area contributed by atoms with Gasteiger partial charge in [0.2, 0.25) is 5.13 Å². The van der Waals surface area contributed by atoms with E-state index >= 15 is 0 Å². The maximum absolute atomic E-state index is 13.8. The average molecular weight is 626 g/mol. The minimum atomic E-state index is -0.957. The number of aliphatic hydroxyl groups excluding tert-OH is 1. The molecule has 0 bridgehead atoms. The van der Waals surface area contributed by atoms with E-state index in [1.54, 1.807) is 17.5 Å². The summed E-state index contributed by atoms with van der Waals surface area (Å²) in [6, 6.07) is 20.1. The Morgan fingerprint density at radius 2 is 1.86 bits per heavy atom. The molecule has 0 saturated carbocycles. The van der Waals surface area contributed by atoms with E-state index in [2.05, 4.69) is 46.4 Å². The Balaban J connectivity index is 1.43. The number of fused-ring (bicyclic) bond motifs is 1. The Kier molecular flexibility index (Phi) is 8.49. The summed E-state index contributed by atoms with van der Waals surface area (Å²) >= 11 is 2.74. The van der Waals surface area contributed by atoms with Gasteiger partial charge in [0.25, 0.3) is 5.78 Å². The van der Waals surface area contributed by atoms with Crippen molar-refractivity contribution in [2.24, 2.45) is 0 Å². The number of ketones is 1. The largest absolute Gasteiger partial charge is 0.505 e. The summed E-state index contributed by atoms with van der Waals surface area (Å²) in [5.41, 5.74) is 4.38. The molecule has 0 aliphatic carbocycles. The quantitative estimate of drug-likeness (QED) is 0.0446. The Hall–Kier alpha value is -4.48. The number of hydrogen-bond acceptors (Lipinski definition) is 9. The van der Waals surface area contributed by atoms with E-state index in [1.807, 2.05) is 49.4 Å². The number of benzene rings is 2. The maximum atomic E-state index is 13.8. The predicted molar refractivity (Wildman–Crippen MR) is 172 cm³/mol. The summed E-state index contributed by atoms with van der Waals surface area (Å²) in [6.07, 6.45) is 3.64. The van der Waals surface area contributed by atoms with Gasteiger partial charge in [-0.2, -0.15) is 0 Å². The minimum absolute atomic E-state index is 0.0430. The summed E-state index contributed by atoms with van der Waals surface area (Å²) in [4.78, 5) is 33.4. The van der Waals surface area contributed by atoms with Crippen LogP contribution in [0.3, 0.4) is 0 Å². The second kappa shape index (κ2) is 12.6. The van der Waals surface area contributed by atoms with E-state index in [-0.39, 0.29) is 16.5 Å². The van der Waals surface area contributed by atoms with Crippen molar-refractivity contribution >= 4 is 51.3 Å². The first-order valence-corrected chi connectivity index (χ1v) is 16.2. The number of aliphatic hydroxyl groups is 1. The van der Waals surface area contributed by atoms with Crippen LogP contribution in [0, 0.1) is 13.8 Å². The van der Waals surface area contributed by atoms with Gasteiger partial charge in [0.15, 0.2) is 10.1 Å². The van der Waals surface area contributed by atoms with Gasteiger partial charge < -0.3 is 9.84 Å². The molecule has 0 spiro atoms. The number of ether oxygens (including phenoxy) is 1. The number of unbranched alkanes of at least 4 members (excludes halogenated alkanes) is 1. The number of imidazole rings is 1. The molecule has 11 heteroatoms. The van der Waals surface area contributed by atoms with Crippen LogP contribution < -0.4 is 9.64 Å². The molecule has 1 aliphatic heterocycles. The molecular weight excluding hydrogens is 595 g/mol. The summed E-state index contributed by atoms with van der Waals surface area (Å²) in [7, 11) is 0. The van der Waals surface area contributed by atoms with Crippen molar-refractivity contribution < 1.29 is 19.4 Å². The van der Waals surface area contributed by atoms with E-state index < -0.39 is 17.7 Å². The molecule has 224 valence electrons. The Morgan fingerprint density at radius 3 is 2.66 bits per heavy atom. The van der Waals surface area contributed by atoms with Crippen molar-refractivity contribution in [1.29, 1.82) is 0 Å². The first kappa shape index (κ1) is 29.6. The minimum Gasteiger partial charge on any atom is -0.505 e. The van der Waals surface area contributed by atoms with Crippen LogP contribution in [-0.2, 0) is 15.3 Å². The van der Waals surface area contributed by atoms with Crippen molar-refractivity contribution in [1.82, 2.24) is 19.6 Å². The number of anilines is 1. The summed E-state index contributed by atoms with van der Waals surface area (Å²) in [5, 5.41) is 20.7. The van der Waals surface area contributed by atoms with E-state index in [4.69, 9.17) is 4.74 Å². The molecule has 1 unspecified atom stereocenters. The van der Waals surface area contributed by atoms with Crippen molar-refractivity contribution in [2.45, 2.75) is 49.7 Å². The monoisotopic (exact) mass is 625 g/mol. The smallest absolute Gasteiger partial charge is 0.301 e. The zero-order valence-electron chi connectivity index (χ0n) is 24.6. The highest BCUT2D eigenvalue weighted by atomic mass is 32.2. The van der Waals surface area contributed by atoms with Crippen LogP contribution in [-0.4, -0.2) is 43.0 Å². The van der Waals surface area contributed by atoms with E-state index in [0.717, 1.165) is 18.4 Å². The first-order valence-electron chi connectivity index (χ1n) is 14.4. The molecule has 6 rings (SSSR count). The second-order valence-corrected chi connectivity index (χ2v) is 12.7. The van der Waals surface area contributed by atoms with Crippen LogP contribution in [0.1, 0.15) is 53.9 Å². The lowest BCUT2D eigenvalue weighted by molar-refractivity contribution is -0.132. The first-order chi connectivity index (χ1) is 21.4. The van der Waals surface area contributed by atoms with Gasteiger partial charge in [-0.1, -0.05) is 84.5 Å².